The number of sulfonamides is 1. The van der Waals surface area contributed by atoms with Gasteiger partial charge in [0, 0.05) is 19.1 Å². The molecule has 1 aliphatic heterocycles. The summed E-state index contributed by atoms with van der Waals surface area (Å²) in [6, 6.07) is 2.47. The molecule has 8 heteroatoms. The Labute approximate surface area is 123 Å². The van der Waals surface area contributed by atoms with Crippen molar-refractivity contribution in [1.29, 1.82) is 0 Å². The predicted molar refractivity (Wildman–Crippen MR) is 77.9 cm³/mol. The Balaban J connectivity index is 2.17. The fourth-order valence-electron chi connectivity index (χ4n) is 2.21. The monoisotopic (exact) mass is 317 g/mol. The molecule has 112 valence electrons. The molecule has 1 amide bonds. The van der Waals surface area contributed by atoms with E-state index < -0.39 is 16.1 Å². The summed E-state index contributed by atoms with van der Waals surface area (Å²) < 4.78 is 26.6. The normalized spacial score (nSPS) is 21.8. The van der Waals surface area contributed by atoms with Crippen LogP contribution in [0.2, 0.25) is 0 Å². The molecule has 1 aromatic heterocycles. The van der Waals surface area contributed by atoms with E-state index in [0.29, 0.717) is 25.9 Å². The molecule has 0 bridgehead atoms. The van der Waals surface area contributed by atoms with Gasteiger partial charge in [-0.15, -0.1) is 11.3 Å². The first-order chi connectivity index (χ1) is 9.46. The van der Waals surface area contributed by atoms with Crippen LogP contribution in [0.4, 0.5) is 0 Å². The number of hydrogen-bond donors (Lipinski definition) is 2. The van der Waals surface area contributed by atoms with Crippen LogP contribution in [0.1, 0.15) is 19.8 Å². The van der Waals surface area contributed by atoms with E-state index in [9.17, 15) is 13.2 Å². The molecule has 0 radical (unpaired) electrons. The molecule has 2 heterocycles. The summed E-state index contributed by atoms with van der Waals surface area (Å²) in [5, 5.41) is 4.47. The number of carbonyl (C=O) groups excluding carboxylic acids is 1. The molecular weight excluding hydrogens is 298 g/mol. The number of nitrogens with two attached hydrogens (primary N) is 1. The molecule has 1 saturated heterocycles. The van der Waals surface area contributed by atoms with Crippen molar-refractivity contribution in [2.45, 2.75) is 36.1 Å². The van der Waals surface area contributed by atoms with Crippen molar-refractivity contribution in [3.63, 3.8) is 0 Å². The smallest absolute Gasteiger partial charge is 0.253 e. The van der Waals surface area contributed by atoms with Crippen LogP contribution in [-0.2, 0) is 14.8 Å². The summed E-state index contributed by atoms with van der Waals surface area (Å²) in [4.78, 5) is 12.2. The van der Waals surface area contributed by atoms with Crippen LogP contribution in [0.25, 0.3) is 0 Å². The van der Waals surface area contributed by atoms with Crippen LogP contribution in [0.3, 0.4) is 0 Å². The van der Waals surface area contributed by atoms with Gasteiger partial charge in [-0.2, -0.15) is 4.31 Å². The first-order valence-electron chi connectivity index (χ1n) is 6.52. The lowest BCUT2D eigenvalue weighted by Crippen LogP contribution is -2.49. The molecular formula is C12H19N3O3S2. The molecule has 0 saturated carbocycles. The second-order valence-electron chi connectivity index (χ2n) is 4.85. The SMILES string of the molecule is C[C@@H](CN)NC(=O)C1CCCN1S(=O)(=O)c1cccs1. The molecule has 1 fully saturated rings. The maximum atomic E-state index is 12.5. The van der Waals surface area contributed by atoms with Gasteiger partial charge in [-0.05, 0) is 31.2 Å². The second-order valence-corrected chi connectivity index (χ2v) is 7.92. The topological polar surface area (TPSA) is 92.5 Å². The number of nitrogens with one attached hydrogen (secondary N) is 1. The van der Waals surface area contributed by atoms with Crippen LogP contribution in [0, 0.1) is 0 Å². The van der Waals surface area contributed by atoms with Gasteiger partial charge in [-0.1, -0.05) is 6.07 Å². The van der Waals surface area contributed by atoms with E-state index in [-0.39, 0.29) is 16.2 Å². The maximum Gasteiger partial charge on any atom is 0.253 e. The highest BCUT2D eigenvalue weighted by Gasteiger charge is 2.39. The standard InChI is InChI=1S/C12H19N3O3S2/c1-9(8-13)14-12(16)10-4-2-6-15(10)20(17,18)11-5-3-7-19-11/h3,5,7,9-10H,2,4,6,8,13H2,1H3,(H,14,16)/t9-,10?/m0/s1. The molecule has 1 aromatic rings. The van der Waals surface area contributed by atoms with Crippen molar-refractivity contribution in [3.05, 3.63) is 17.5 Å². The third-order valence-electron chi connectivity index (χ3n) is 3.31. The summed E-state index contributed by atoms with van der Waals surface area (Å²) in [6.07, 6.45) is 1.24. The predicted octanol–water partition coefficient (Wildman–Crippen LogP) is 0.365. The Morgan fingerprint density at radius 3 is 3.00 bits per heavy atom. The summed E-state index contributed by atoms with van der Waals surface area (Å²) >= 11 is 1.17. The van der Waals surface area contributed by atoms with E-state index in [1.165, 1.54) is 15.6 Å². The van der Waals surface area contributed by atoms with Crippen molar-refractivity contribution in [2.24, 2.45) is 5.73 Å². The van der Waals surface area contributed by atoms with Crippen molar-refractivity contribution in [3.8, 4) is 0 Å². The fourth-order valence-corrected chi connectivity index (χ4v) is 4.99. The van der Waals surface area contributed by atoms with Crippen LogP contribution >= 0.6 is 11.3 Å². The Bertz CT molecular complexity index is 557. The average Bonchev–Trinajstić information content (AvgIpc) is 3.09. The Kier molecular flexibility index (Phi) is 4.79. The van der Waals surface area contributed by atoms with E-state index >= 15 is 0 Å². The second kappa shape index (κ2) is 6.21. The minimum atomic E-state index is -3.57. The highest BCUT2D eigenvalue weighted by atomic mass is 32.2. The largest absolute Gasteiger partial charge is 0.351 e. The number of thiophene rings is 1. The summed E-state index contributed by atoms with van der Waals surface area (Å²) in [7, 11) is -3.57. The average molecular weight is 317 g/mol. The third-order valence-corrected chi connectivity index (χ3v) is 6.59. The molecule has 0 spiro atoms. The van der Waals surface area contributed by atoms with Gasteiger partial charge in [0.2, 0.25) is 5.91 Å². The van der Waals surface area contributed by atoms with Gasteiger partial charge in [0.1, 0.15) is 10.3 Å². The number of hydrogen-bond acceptors (Lipinski definition) is 5. The zero-order valence-electron chi connectivity index (χ0n) is 11.3. The Morgan fingerprint density at radius 2 is 2.40 bits per heavy atom. The molecule has 1 aliphatic rings. The van der Waals surface area contributed by atoms with Crippen LogP contribution < -0.4 is 11.1 Å². The molecule has 6 nitrogen and oxygen atoms in total. The molecule has 1 unspecified atom stereocenters. The number of amides is 1. The molecule has 2 rings (SSSR count). The summed E-state index contributed by atoms with van der Waals surface area (Å²) in [5.74, 6) is -0.263. The first-order valence-corrected chi connectivity index (χ1v) is 8.84. The lowest BCUT2D eigenvalue weighted by molar-refractivity contribution is -0.124. The van der Waals surface area contributed by atoms with E-state index in [2.05, 4.69) is 5.32 Å². The van der Waals surface area contributed by atoms with E-state index in [1.54, 1.807) is 24.4 Å². The van der Waals surface area contributed by atoms with Crippen LogP contribution in [0.5, 0.6) is 0 Å². The Morgan fingerprint density at radius 1 is 1.65 bits per heavy atom. The molecule has 0 aromatic carbocycles. The van der Waals surface area contributed by atoms with Crippen molar-refractivity contribution >= 4 is 27.3 Å². The van der Waals surface area contributed by atoms with Gasteiger partial charge in [-0.25, -0.2) is 8.42 Å². The lowest BCUT2D eigenvalue weighted by atomic mass is 10.2. The van der Waals surface area contributed by atoms with Crippen LogP contribution in [-0.4, -0.2) is 43.8 Å². The van der Waals surface area contributed by atoms with Gasteiger partial charge in [0.15, 0.2) is 0 Å². The molecule has 3 N–H and O–H groups in total. The number of rotatable bonds is 5. The summed E-state index contributed by atoms with van der Waals surface area (Å²) in [6.45, 7) is 2.51. The minimum absolute atomic E-state index is 0.158. The van der Waals surface area contributed by atoms with Crippen LogP contribution in [0.15, 0.2) is 21.7 Å². The van der Waals surface area contributed by atoms with Crippen molar-refractivity contribution in [2.75, 3.05) is 13.1 Å². The lowest BCUT2D eigenvalue weighted by Gasteiger charge is -2.24. The van der Waals surface area contributed by atoms with Crippen molar-refractivity contribution < 1.29 is 13.2 Å². The van der Waals surface area contributed by atoms with Gasteiger partial charge in [-0.3, -0.25) is 4.79 Å². The van der Waals surface area contributed by atoms with Gasteiger partial charge in [0.05, 0.1) is 0 Å². The summed E-state index contributed by atoms with van der Waals surface area (Å²) in [5.41, 5.74) is 5.47. The quantitative estimate of drug-likeness (QED) is 0.820. The van der Waals surface area contributed by atoms with Gasteiger partial charge >= 0.3 is 0 Å². The number of nitrogens with zero attached hydrogens (tertiary/aromatic N) is 1. The molecule has 0 aliphatic carbocycles. The highest BCUT2D eigenvalue weighted by molar-refractivity contribution is 7.91. The highest BCUT2D eigenvalue weighted by Crippen LogP contribution is 2.28. The third kappa shape index (κ3) is 3.03. The fraction of sp³-hybridized carbons (Fsp3) is 0.583. The van der Waals surface area contributed by atoms with Gasteiger partial charge in [0.25, 0.3) is 10.0 Å². The molecule has 2 atom stereocenters. The number of carbonyl (C=O) groups is 1. The first kappa shape index (κ1) is 15.4. The van der Waals surface area contributed by atoms with Gasteiger partial charge < -0.3 is 11.1 Å². The van der Waals surface area contributed by atoms with E-state index in [1.807, 2.05) is 0 Å². The van der Waals surface area contributed by atoms with E-state index in [0.717, 1.165) is 0 Å². The Hall–Kier alpha value is -0.960. The maximum absolute atomic E-state index is 12.5. The zero-order valence-corrected chi connectivity index (χ0v) is 12.9. The van der Waals surface area contributed by atoms with Crippen molar-refractivity contribution in [1.82, 2.24) is 9.62 Å². The minimum Gasteiger partial charge on any atom is -0.351 e. The van der Waals surface area contributed by atoms with E-state index in [4.69, 9.17) is 5.73 Å². The zero-order chi connectivity index (χ0) is 14.8. The molecule has 20 heavy (non-hydrogen) atoms.